The lowest BCUT2D eigenvalue weighted by Gasteiger charge is -2.10. The average molecular weight is 393 g/mol. The second kappa shape index (κ2) is 7.51. The number of hydrogen-bond acceptors (Lipinski definition) is 3. The lowest BCUT2D eigenvalue weighted by molar-refractivity contribution is 0.483. The second-order valence-corrected chi connectivity index (χ2v) is 7.31. The van der Waals surface area contributed by atoms with Crippen molar-refractivity contribution in [2.75, 3.05) is 5.32 Å². The molecule has 0 atom stereocenters. The predicted molar refractivity (Wildman–Crippen MR) is 116 cm³/mol. The van der Waals surface area contributed by atoms with Crippen LogP contribution in [0.4, 0.5) is 11.4 Å². The minimum absolute atomic E-state index is 0.598. The van der Waals surface area contributed by atoms with E-state index < -0.39 is 0 Å². The summed E-state index contributed by atoms with van der Waals surface area (Å²) in [4.78, 5) is 5.62. The first kappa shape index (κ1) is 17.7. The maximum Gasteiger partial charge on any atom is 0.129 e. The number of anilines is 1. The Morgan fingerprint density at radius 3 is 2.41 bits per heavy atom. The van der Waals surface area contributed by atoms with Crippen molar-refractivity contribution in [1.82, 2.24) is 0 Å². The summed E-state index contributed by atoms with van der Waals surface area (Å²) < 4.78 is 5.94. The van der Waals surface area contributed by atoms with Gasteiger partial charge in [-0.3, -0.25) is 4.99 Å². The zero-order valence-corrected chi connectivity index (χ0v) is 16.3. The highest BCUT2D eigenvalue weighted by Gasteiger charge is 2.16. The highest BCUT2D eigenvalue weighted by Crippen LogP contribution is 2.35. The summed E-state index contributed by atoms with van der Waals surface area (Å²) in [5.74, 6) is 1.43. The highest BCUT2D eigenvalue weighted by atomic mass is 35.5. The van der Waals surface area contributed by atoms with Gasteiger partial charge in [0.2, 0.25) is 0 Å². The van der Waals surface area contributed by atoms with Crippen LogP contribution in [-0.4, -0.2) is 10.7 Å². The average Bonchev–Trinajstić information content (AvgIpc) is 2.82. The lowest BCUT2D eigenvalue weighted by atomic mass is 10.1. The number of fused-ring (bicyclic) bond motifs is 1. The molecule has 1 heterocycles. The first-order valence-corrected chi connectivity index (χ1v) is 9.37. The quantitative estimate of drug-likeness (QED) is 0.503. The first-order chi connectivity index (χ1) is 13.1. The zero-order chi connectivity index (χ0) is 18.8. The Hall–Kier alpha value is -2.69. The van der Waals surface area contributed by atoms with E-state index in [1.165, 1.54) is 5.56 Å². The molecule has 0 aliphatic carbocycles. The Bertz CT molecular complexity index is 1030. The topological polar surface area (TPSA) is 33.6 Å². The third kappa shape index (κ3) is 4.18. The van der Waals surface area contributed by atoms with Crippen molar-refractivity contribution in [1.29, 1.82) is 0 Å². The lowest BCUT2D eigenvalue weighted by Crippen LogP contribution is -2.12. The SMILES string of the molecule is Cc1ccc(C2=Nc3cc(Oc4ccc(Cl)cc4)ccc3NC(=S)C2)cc1. The van der Waals surface area contributed by atoms with Crippen LogP contribution in [0.3, 0.4) is 0 Å². The highest BCUT2D eigenvalue weighted by molar-refractivity contribution is 7.80. The van der Waals surface area contributed by atoms with Gasteiger partial charge in [0.25, 0.3) is 0 Å². The van der Waals surface area contributed by atoms with Crippen LogP contribution in [0.2, 0.25) is 5.02 Å². The molecular formula is C22H17ClN2OS. The second-order valence-electron chi connectivity index (χ2n) is 6.38. The molecule has 4 rings (SSSR count). The number of aliphatic imine (C=N–C) groups is 1. The number of ether oxygens (including phenoxy) is 1. The molecule has 0 radical (unpaired) electrons. The van der Waals surface area contributed by atoms with E-state index in [1.807, 2.05) is 30.3 Å². The van der Waals surface area contributed by atoms with Crippen LogP contribution in [0.1, 0.15) is 17.5 Å². The molecule has 1 aliphatic rings. The van der Waals surface area contributed by atoms with Gasteiger partial charge in [-0.15, -0.1) is 0 Å². The molecule has 1 N–H and O–H groups in total. The molecule has 1 aliphatic heterocycles. The molecule has 0 saturated heterocycles. The predicted octanol–water partition coefficient (Wildman–Crippen LogP) is 6.70. The molecule has 134 valence electrons. The van der Waals surface area contributed by atoms with Crippen molar-refractivity contribution in [2.24, 2.45) is 4.99 Å². The Kier molecular flexibility index (Phi) is 4.92. The van der Waals surface area contributed by atoms with Crippen LogP contribution in [0, 0.1) is 6.92 Å². The van der Waals surface area contributed by atoms with Gasteiger partial charge in [0, 0.05) is 17.5 Å². The van der Waals surface area contributed by atoms with Crippen molar-refractivity contribution in [3.63, 3.8) is 0 Å². The van der Waals surface area contributed by atoms with E-state index >= 15 is 0 Å². The molecule has 3 aromatic rings. The Labute approximate surface area is 168 Å². The largest absolute Gasteiger partial charge is 0.457 e. The number of benzene rings is 3. The Morgan fingerprint density at radius 1 is 0.963 bits per heavy atom. The molecule has 5 heteroatoms. The van der Waals surface area contributed by atoms with E-state index in [0.29, 0.717) is 17.2 Å². The number of nitrogens with one attached hydrogen (secondary N) is 1. The summed E-state index contributed by atoms with van der Waals surface area (Å²) in [6, 6.07) is 21.3. The van der Waals surface area contributed by atoms with Crippen LogP contribution >= 0.6 is 23.8 Å². The number of thiocarbonyl (C=S) groups is 1. The fourth-order valence-electron chi connectivity index (χ4n) is 2.86. The number of nitrogens with zero attached hydrogens (tertiary/aromatic N) is 1. The number of rotatable bonds is 3. The molecule has 0 aromatic heterocycles. The van der Waals surface area contributed by atoms with Gasteiger partial charge in [-0.2, -0.15) is 0 Å². The van der Waals surface area contributed by atoms with Gasteiger partial charge in [0.1, 0.15) is 11.5 Å². The third-order valence-electron chi connectivity index (χ3n) is 4.26. The maximum atomic E-state index is 5.94. The molecular weight excluding hydrogens is 376 g/mol. The summed E-state index contributed by atoms with van der Waals surface area (Å²) in [5.41, 5.74) is 4.91. The molecule has 0 amide bonds. The summed E-state index contributed by atoms with van der Waals surface area (Å²) >= 11 is 11.4. The fraction of sp³-hybridized carbons (Fsp3) is 0.0909. The number of hydrogen-bond donors (Lipinski definition) is 1. The van der Waals surface area contributed by atoms with Gasteiger partial charge in [0.05, 0.1) is 22.1 Å². The van der Waals surface area contributed by atoms with Crippen molar-refractivity contribution < 1.29 is 4.74 Å². The fourth-order valence-corrected chi connectivity index (χ4v) is 3.23. The van der Waals surface area contributed by atoms with Gasteiger partial charge >= 0.3 is 0 Å². The van der Waals surface area contributed by atoms with Crippen LogP contribution < -0.4 is 10.1 Å². The first-order valence-electron chi connectivity index (χ1n) is 8.59. The van der Waals surface area contributed by atoms with E-state index in [2.05, 4.69) is 36.5 Å². The Morgan fingerprint density at radius 2 is 1.67 bits per heavy atom. The summed E-state index contributed by atoms with van der Waals surface area (Å²) in [6.07, 6.45) is 0.598. The maximum absolute atomic E-state index is 5.94. The molecule has 27 heavy (non-hydrogen) atoms. The van der Waals surface area contributed by atoms with Gasteiger partial charge in [-0.1, -0.05) is 53.6 Å². The van der Waals surface area contributed by atoms with E-state index in [-0.39, 0.29) is 0 Å². The molecule has 3 nitrogen and oxygen atoms in total. The minimum atomic E-state index is 0.598. The Balaban J connectivity index is 1.69. The van der Waals surface area contributed by atoms with Gasteiger partial charge in [-0.05, 0) is 48.9 Å². The van der Waals surface area contributed by atoms with E-state index in [0.717, 1.165) is 33.4 Å². The van der Waals surface area contributed by atoms with Crippen LogP contribution in [0.25, 0.3) is 0 Å². The van der Waals surface area contributed by atoms with Crippen molar-refractivity contribution in [3.05, 3.63) is 82.9 Å². The molecule has 0 spiro atoms. The third-order valence-corrected chi connectivity index (χ3v) is 4.76. The van der Waals surface area contributed by atoms with Crippen molar-refractivity contribution in [2.45, 2.75) is 13.3 Å². The number of halogens is 1. The van der Waals surface area contributed by atoms with Gasteiger partial charge in [0.15, 0.2) is 0 Å². The zero-order valence-electron chi connectivity index (χ0n) is 14.7. The standard InChI is InChI=1S/C22H17ClN2OS/c1-14-2-4-15(5-3-14)20-13-22(27)25-19-11-10-18(12-21(19)24-20)26-17-8-6-16(23)7-9-17/h2-12H,13H2,1H3,(H,25,27). The van der Waals surface area contributed by atoms with Crippen LogP contribution in [-0.2, 0) is 0 Å². The van der Waals surface area contributed by atoms with Crippen LogP contribution in [0.15, 0.2) is 71.7 Å². The van der Waals surface area contributed by atoms with Gasteiger partial charge < -0.3 is 10.1 Å². The molecule has 0 bridgehead atoms. The van der Waals surface area contributed by atoms with E-state index in [1.54, 1.807) is 12.1 Å². The smallest absolute Gasteiger partial charge is 0.129 e. The van der Waals surface area contributed by atoms with E-state index in [9.17, 15) is 0 Å². The van der Waals surface area contributed by atoms with Crippen molar-refractivity contribution in [3.8, 4) is 11.5 Å². The van der Waals surface area contributed by atoms with E-state index in [4.69, 9.17) is 33.5 Å². The molecule has 0 saturated carbocycles. The summed E-state index contributed by atoms with van der Waals surface area (Å²) in [7, 11) is 0. The number of aryl methyl sites for hydroxylation is 1. The molecule has 0 fully saturated rings. The summed E-state index contributed by atoms with van der Waals surface area (Å²) in [5, 5.41) is 3.95. The van der Waals surface area contributed by atoms with Crippen LogP contribution in [0.5, 0.6) is 11.5 Å². The molecule has 0 unspecified atom stereocenters. The molecule has 3 aromatic carbocycles. The van der Waals surface area contributed by atoms with Gasteiger partial charge in [-0.25, -0.2) is 0 Å². The normalized spacial score (nSPS) is 13.3. The van der Waals surface area contributed by atoms with Crippen molar-refractivity contribution >= 4 is 45.9 Å². The summed E-state index contributed by atoms with van der Waals surface area (Å²) in [6.45, 7) is 2.07. The monoisotopic (exact) mass is 392 g/mol. The minimum Gasteiger partial charge on any atom is -0.457 e.